The Bertz CT molecular complexity index is 907. The van der Waals surface area contributed by atoms with E-state index in [0.29, 0.717) is 22.8 Å². The minimum atomic E-state index is -0.688. The van der Waals surface area contributed by atoms with Crippen molar-refractivity contribution in [3.8, 4) is 0 Å². The largest absolute Gasteiger partial charge is 0.295 e. The van der Waals surface area contributed by atoms with Gasteiger partial charge in [0.15, 0.2) is 0 Å². The number of amides is 2. The predicted octanol–water partition coefficient (Wildman–Crippen LogP) is 0.713. The first kappa shape index (κ1) is 18.8. The number of fused-ring (bicyclic) bond motifs is 1. The molecule has 1 aliphatic carbocycles. The zero-order valence-corrected chi connectivity index (χ0v) is 15.4. The van der Waals surface area contributed by atoms with Crippen LogP contribution >= 0.6 is 0 Å². The number of aromatic nitrogens is 2. The van der Waals surface area contributed by atoms with Crippen LogP contribution in [-0.2, 0) is 9.59 Å². The minimum Gasteiger partial charge on any atom is -0.295 e. The Morgan fingerprint density at radius 3 is 2.56 bits per heavy atom. The van der Waals surface area contributed by atoms with Crippen molar-refractivity contribution in [1.29, 1.82) is 0 Å². The Morgan fingerprint density at radius 2 is 1.92 bits per heavy atom. The van der Waals surface area contributed by atoms with Gasteiger partial charge < -0.3 is 0 Å². The van der Waals surface area contributed by atoms with Crippen LogP contribution in [0.2, 0.25) is 0 Å². The molecule has 0 aromatic carbocycles. The number of rotatable bonds is 1. The Hall–Kier alpha value is -2.50. The van der Waals surface area contributed by atoms with Crippen LogP contribution in [0.4, 0.5) is 0 Å². The van der Waals surface area contributed by atoms with Crippen LogP contribution in [-0.4, -0.2) is 21.4 Å². The summed E-state index contributed by atoms with van der Waals surface area (Å²) in [5.41, 5.74) is -0.449. The fourth-order valence-corrected chi connectivity index (χ4v) is 3.03. The van der Waals surface area contributed by atoms with E-state index < -0.39 is 11.9 Å². The summed E-state index contributed by atoms with van der Waals surface area (Å²) < 4.78 is 1.40. The molecule has 2 aliphatic rings. The van der Waals surface area contributed by atoms with Gasteiger partial charge in [-0.2, -0.15) is 0 Å². The number of hydrogen-bond acceptors (Lipinski definition) is 4. The highest BCUT2D eigenvalue weighted by atomic mass is 16.2. The highest BCUT2D eigenvalue weighted by Gasteiger charge is 2.30. The van der Waals surface area contributed by atoms with Crippen LogP contribution in [0.15, 0.2) is 16.9 Å². The van der Waals surface area contributed by atoms with Crippen LogP contribution in [0.5, 0.6) is 0 Å². The molecular formula is C19H25N3O3. The number of piperidine rings is 1. The number of nitrogens with one attached hydrogen (secondary N) is 1. The number of carbonyl (C=O) groups is 2. The molecule has 1 aromatic rings. The quantitative estimate of drug-likeness (QED) is 0.762. The molecule has 25 heavy (non-hydrogen) atoms. The second-order valence-corrected chi connectivity index (χ2v) is 6.59. The molecule has 1 aliphatic heterocycles. The van der Waals surface area contributed by atoms with E-state index in [2.05, 4.69) is 10.3 Å². The average Bonchev–Trinajstić information content (AvgIpc) is 2.68. The summed E-state index contributed by atoms with van der Waals surface area (Å²) in [4.78, 5) is 40.8. The summed E-state index contributed by atoms with van der Waals surface area (Å²) in [7, 11) is 0. The second kappa shape index (κ2) is 7.17. The van der Waals surface area contributed by atoms with Crippen molar-refractivity contribution < 1.29 is 9.59 Å². The molecule has 6 heteroatoms. The molecule has 1 fully saturated rings. The van der Waals surface area contributed by atoms with Gasteiger partial charge in [0.2, 0.25) is 11.8 Å². The highest BCUT2D eigenvalue weighted by molar-refractivity contribution is 5.99. The molecule has 3 rings (SSSR count). The third kappa shape index (κ3) is 3.78. The van der Waals surface area contributed by atoms with E-state index in [1.165, 1.54) is 4.57 Å². The number of aryl methyl sites for hydroxylation is 1. The van der Waals surface area contributed by atoms with Crippen molar-refractivity contribution in [1.82, 2.24) is 14.9 Å². The predicted molar refractivity (Wildman–Crippen MR) is 97.1 cm³/mol. The number of imide groups is 1. The minimum absolute atomic E-state index is 0.200. The van der Waals surface area contributed by atoms with E-state index in [1.807, 2.05) is 45.9 Å². The summed E-state index contributed by atoms with van der Waals surface area (Å²) in [5, 5.41) is 3.40. The van der Waals surface area contributed by atoms with Crippen molar-refractivity contribution in [2.75, 3.05) is 0 Å². The SMILES string of the molecule is CC.Cc1nc2c(c(=O)n1C1CCC(=O)NC1=O)=CC=CC(C)(C)C=2. The van der Waals surface area contributed by atoms with Gasteiger partial charge in [-0.05, 0) is 25.5 Å². The molecule has 6 nitrogen and oxygen atoms in total. The summed E-state index contributed by atoms with van der Waals surface area (Å²) in [6.07, 6.45) is 8.07. The molecule has 1 unspecified atom stereocenters. The van der Waals surface area contributed by atoms with Gasteiger partial charge in [-0.1, -0.05) is 39.8 Å². The van der Waals surface area contributed by atoms with Gasteiger partial charge in [-0.25, -0.2) is 4.98 Å². The molecular weight excluding hydrogens is 318 g/mol. The molecule has 0 radical (unpaired) electrons. The first-order valence-electron chi connectivity index (χ1n) is 8.64. The highest BCUT2D eigenvalue weighted by Crippen LogP contribution is 2.20. The first-order chi connectivity index (χ1) is 11.8. The van der Waals surface area contributed by atoms with Crippen LogP contribution < -0.4 is 21.4 Å². The molecule has 0 spiro atoms. The number of hydrogen-bond donors (Lipinski definition) is 1. The van der Waals surface area contributed by atoms with Crippen LogP contribution in [0.3, 0.4) is 0 Å². The summed E-state index contributed by atoms with van der Waals surface area (Å²) in [6, 6.07) is -0.688. The number of nitrogens with zero attached hydrogens (tertiary/aromatic N) is 2. The molecule has 1 aromatic heterocycles. The maximum absolute atomic E-state index is 12.9. The van der Waals surface area contributed by atoms with E-state index in [9.17, 15) is 14.4 Å². The Kier molecular flexibility index (Phi) is 5.40. The van der Waals surface area contributed by atoms with E-state index in [1.54, 1.807) is 13.0 Å². The third-order valence-corrected chi connectivity index (χ3v) is 4.18. The maximum atomic E-state index is 12.9. The Labute approximate surface area is 147 Å². The molecule has 2 amide bonds. The summed E-state index contributed by atoms with van der Waals surface area (Å²) in [5.74, 6) is -0.267. The molecule has 134 valence electrons. The Balaban J connectivity index is 0.00000109. The van der Waals surface area contributed by atoms with E-state index in [0.717, 1.165) is 0 Å². The van der Waals surface area contributed by atoms with Crippen LogP contribution in [0.25, 0.3) is 12.2 Å². The topological polar surface area (TPSA) is 81.1 Å². The fourth-order valence-electron chi connectivity index (χ4n) is 3.03. The van der Waals surface area contributed by atoms with Crippen molar-refractivity contribution in [2.24, 2.45) is 5.41 Å². The second-order valence-electron chi connectivity index (χ2n) is 6.59. The van der Waals surface area contributed by atoms with Gasteiger partial charge in [0.05, 0.1) is 10.6 Å². The lowest BCUT2D eigenvalue weighted by molar-refractivity contribution is -0.135. The molecule has 1 N–H and O–H groups in total. The van der Waals surface area contributed by atoms with Gasteiger partial charge in [0, 0.05) is 11.8 Å². The van der Waals surface area contributed by atoms with Gasteiger partial charge in [-0.15, -0.1) is 0 Å². The standard InChI is InChI=1S/C17H19N3O3.C2H6/c1-10-18-12-9-17(2,3)8-4-5-11(12)16(23)20(10)13-6-7-14(21)19-15(13)22;1-2/h4-5,8-9,13H,6-7H2,1-3H3,(H,19,21,22);1-2H3. The Morgan fingerprint density at radius 1 is 1.24 bits per heavy atom. The first-order valence-corrected chi connectivity index (χ1v) is 8.64. The van der Waals surface area contributed by atoms with E-state index in [4.69, 9.17) is 0 Å². The third-order valence-electron chi connectivity index (χ3n) is 4.18. The lowest BCUT2D eigenvalue weighted by Crippen LogP contribution is -2.53. The lowest BCUT2D eigenvalue weighted by atomic mass is 9.93. The van der Waals surface area contributed by atoms with Crippen LogP contribution in [0.1, 0.15) is 52.4 Å². The normalized spacial score (nSPS) is 20.9. The molecule has 0 saturated carbocycles. The summed E-state index contributed by atoms with van der Waals surface area (Å²) in [6.45, 7) is 9.79. The molecule has 0 bridgehead atoms. The fraction of sp³-hybridized carbons (Fsp3) is 0.474. The molecule has 1 atom stereocenters. The van der Waals surface area contributed by atoms with Crippen molar-refractivity contribution in [3.63, 3.8) is 0 Å². The maximum Gasteiger partial charge on any atom is 0.262 e. The van der Waals surface area contributed by atoms with Gasteiger partial charge >= 0.3 is 0 Å². The van der Waals surface area contributed by atoms with Crippen LogP contribution in [0, 0.1) is 12.3 Å². The number of carbonyl (C=O) groups excluding carboxylic acids is 2. The average molecular weight is 343 g/mol. The zero-order valence-electron chi connectivity index (χ0n) is 15.4. The van der Waals surface area contributed by atoms with E-state index in [-0.39, 0.29) is 23.3 Å². The van der Waals surface area contributed by atoms with Crippen molar-refractivity contribution >= 4 is 24.0 Å². The number of allylic oxidation sites excluding steroid dienone is 2. The molecule has 1 saturated heterocycles. The lowest BCUT2D eigenvalue weighted by Gasteiger charge is -2.24. The smallest absolute Gasteiger partial charge is 0.262 e. The van der Waals surface area contributed by atoms with Gasteiger partial charge in [0.1, 0.15) is 11.9 Å². The van der Waals surface area contributed by atoms with Gasteiger partial charge in [0.25, 0.3) is 5.56 Å². The monoisotopic (exact) mass is 343 g/mol. The molecule has 2 heterocycles. The summed E-state index contributed by atoms with van der Waals surface area (Å²) >= 11 is 0. The van der Waals surface area contributed by atoms with Gasteiger partial charge in [-0.3, -0.25) is 24.3 Å². The van der Waals surface area contributed by atoms with Crippen molar-refractivity contribution in [2.45, 2.75) is 53.5 Å². The van der Waals surface area contributed by atoms with Crippen molar-refractivity contribution in [3.05, 3.63) is 38.9 Å². The van der Waals surface area contributed by atoms with E-state index >= 15 is 0 Å². The zero-order chi connectivity index (χ0) is 18.8.